The Kier molecular flexibility index (Phi) is 4.70. The van der Waals surface area contributed by atoms with E-state index in [1.165, 1.54) is 17.3 Å². The van der Waals surface area contributed by atoms with E-state index in [1.807, 2.05) is 0 Å². The lowest BCUT2D eigenvalue weighted by Gasteiger charge is -2.29. The zero-order chi connectivity index (χ0) is 15.8. The van der Waals surface area contributed by atoms with Gasteiger partial charge < -0.3 is 0 Å². The van der Waals surface area contributed by atoms with Crippen LogP contribution in [0.25, 0.3) is 0 Å². The Morgan fingerprint density at radius 2 is 1.81 bits per heavy atom. The van der Waals surface area contributed by atoms with Gasteiger partial charge in [0.1, 0.15) is 0 Å². The first-order valence-electron chi connectivity index (χ1n) is 6.45. The summed E-state index contributed by atoms with van der Waals surface area (Å²) in [5.74, 6) is 0. The van der Waals surface area contributed by atoms with Crippen LogP contribution in [0.4, 0.5) is 13.2 Å². The second kappa shape index (κ2) is 5.89. The zero-order valence-electron chi connectivity index (χ0n) is 11.3. The maximum atomic E-state index is 12.9. The second-order valence-electron chi connectivity index (χ2n) is 5.01. The quantitative estimate of drug-likeness (QED) is 0.729. The van der Waals surface area contributed by atoms with Crippen LogP contribution >= 0.6 is 15.9 Å². The third-order valence-corrected chi connectivity index (χ3v) is 6.55. The van der Waals surface area contributed by atoms with Crippen molar-refractivity contribution in [2.24, 2.45) is 0 Å². The number of nitrogens with zero attached hydrogens (tertiary/aromatic N) is 1. The number of sulfonamides is 1. The summed E-state index contributed by atoms with van der Waals surface area (Å²) < 4.78 is 65.0. The summed E-state index contributed by atoms with van der Waals surface area (Å²) >= 11 is 3.42. The molecule has 0 bridgehead atoms. The van der Waals surface area contributed by atoms with Crippen LogP contribution in [-0.2, 0) is 16.2 Å². The fourth-order valence-corrected chi connectivity index (χ4v) is 4.53. The Morgan fingerprint density at radius 1 is 1.24 bits per heavy atom. The molecule has 0 spiro atoms. The molecule has 1 aliphatic heterocycles. The molecule has 1 heterocycles. The van der Waals surface area contributed by atoms with E-state index >= 15 is 0 Å². The van der Waals surface area contributed by atoms with Crippen LogP contribution in [0.5, 0.6) is 0 Å². The van der Waals surface area contributed by atoms with E-state index in [0.717, 1.165) is 12.1 Å². The predicted octanol–water partition coefficient (Wildman–Crippen LogP) is 3.56. The minimum atomic E-state index is -4.56. The van der Waals surface area contributed by atoms with Crippen molar-refractivity contribution in [2.75, 3.05) is 13.1 Å². The van der Waals surface area contributed by atoms with E-state index < -0.39 is 21.8 Å². The molecule has 0 unspecified atom stereocenters. The second-order valence-corrected chi connectivity index (χ2v) is 8.21. The summed E-state index contributed by atoms with van der Waals surface area (Å²) in [6.45, 7) is 1.83. The van der Waals surface area contributed by atoms with E-state index in [2.05, 4.69) is 15.9 Å². The molecule has 1 aromatic carbocycles. The maximum Gasteiger partial charge on any atom is 0.416 e. The summed E-state index contributed by atoms with van der Waals surface area (Å²) in [5.41, 5.74) is -1.15. The Labute approximate surface area is 130 Å². The molecule has 0 aromatic heterocycles. The number of piperidine rings is 1. The fraction of sp³-hybridized carbons (Fsp3) is 0.538. The van der Waals surface area contributed by atoms with Gasteiger partial charge in [0.25, 0.3) is 0 Å². The topological polar surface area (TPSA) is 37.4 Å². The highest BCUT2D eigenvalue weighted by Crippen LogP contribution is 2.35. The van der Waals surface area contributed by atoms with E-state index in [1.54, 1.807) is 0 Å². The highest BCUT2D eigenvalue weighted by Gasteiger charge is 2.36. The van der Waals surface area contributed by atoms with Gasteiger partial charge in [0.05, 0.1) is 10.5 Å². The lowest BCUT2D eigenvalue weighted by atomic mass is 10.1. The molecule has 21 heavy (non-hydrogen) atoms. The van der Waals surface area contributed by atoms with Gasteiger partial charge in [-0.1, -0.05) is 22.0 Å². The zero-order valence-corrected chi connectivity index (χ0v) is 13.7. The lowest BCUT2D eigenvalue weighted by Crippen LogP contribution is -2.39. The van der Waals surface area contributed by atoms with Crippen molar-refractivity contribution in [1.82, 2.24) is 4.31 Å². The molecule has 0 amide bonds. The minimum absolute atomic E-state index is 0.244. The molecule has 0 radical (unpaired) electrons. The number of benzene rings is 1. The third-order valence-electron chi connectivity index (χ3n) is 3.59. The molecule has 0 N–H and O–H groups in total. The molecular formula is C13H15BrF3NO2S. The number of rotatable bonds is 2. The van der Waals surface area contributed by atoms with E-state index in [4.69, 9.17) is 0 Å². The molecule has 0 saturated carbocycles. The first-order valence-corrected chi connectivity index (χ1v) is 8.80. The van der Waals surface area contributed by atoms with Gasteiger partial charge in [-0.25, -0.2) is 8.42 Å². The number of halogens is 4. The van der Waals surface area contributed by atoms with Crippen LogP contribution in [-0.4, -0.2) is 30.6 Å². The average Bonchev–Trinajstić information content (AvgIpc) is 2.37. The summed E-state index contributed by atoms with van der Waals surface area (Å²) in [4.78, 5) is -0.00287. The SMILES string of the molecule is Cc1c(C(F)(F)F)cccc1S(=O)(=O)N1CCC(Br)CC1. The highest BCUT2D eigenvalue weighted by atomic mass is 79.9. The van der Waals surface area contributed by atoms with Crippen molar-refractivity contribution in [3.05, 3.63) is 29.3 Å². The van der Waals surface area contributed by atoms with Crippen LogP contribution < -0.4 is 0 Å². The van der Waals surface area contributed by atoms with Gasteiger partial charge in [-0.3, -0.25) is 0 Å². The van der Waals surface area contributed by atoms with Gasteiger partial charge in [-0.2, -0.15) is 17.5 Å². The van der Waals surface area contributed by atoms with Gasteiger partial charge in [0.2, 0.25) is 10.0 Å². The van der Waals surface area contributed by atoms with Gasteiger partial charge in [-0.15, -0.1) is 0 Å². The van der Waals surface area contributed by atoms with Crippen molar-refractivity contribution in [1.29, 1.82) is 0 Å². The number of hydrogen-bond donors (Lipinski definition) is 0. The van der Waals surface area contributed by atoms with Crippen LogP contribution in [0.3, 0.4) is 0 Å². The molecule has 1 aromatic rings. The van der Waals surface area contributed by atoms with Crippen molar-refractivity contribution in [3.8, 4) is 0 Å². The normalized spacial score (nSPS) is 18.9. The Bertz CT molecular complexity index is 623. The maximum absolute atomic E-state index is 12.9. The Hall–Kier alpha value is -0.600. The lowest BCUT2D eigenvalue weighted by molar-refractivity contribution is -0.138. The van der Waals surface area contributed by atoms with Crippen molar-refractivity contribution < 1.29 is 21.6 Å². The molecule has 0 aliphatic carbocycles. The predicted molar refractivity (Wildman–Crippen MR) is 76.9 cm³/mol. The van der Waals surface area contributed by atoms with Gasteiger partial charge in [0, 0.05) is 17.9 Å². The Morgan fingerprint density at radius 3 is 2.33 bits per heavy atom. The molecule has 118 valence electrons. The average molecular weight is 386 g/mol. The van der Waals surface area contributed by atoms with E-state index in [9.17, 15) is 21.6 Å². The third kappa shape index (κ3) is 3.43. The molecule has 2 rings (SSSR count). The summed E-state index contributed by atoms with van der Waals surface area (Å²) in [5, 5.41) is 0. The minimum Gasteiger partial charge on any atom is -0.207 e. The summed E-state index contributed by atoms with van der Waals surface area (Å²) in [6.07, 6.45) is -3.26. The molecule has 1 fully saturated rings. The molecule has 0 atom stereocenters. The standard InChI is InChI=1S/C13H15BrF3NO2S/c1-9-11(13(15,16)17)3-2-4-12(9)21(19,20)18-7-5-10(14)6-8-18/h2-4,10H,5-8H2,1H3. The number of hydrogen-bond acceptors (Lipinski definition) is 2. The first kappa shape index (κ1) is 16.8. The molecule has 3 nitrogen and oxygen atoms in total. The molecule has 1 saturated heterocycles. The van der Waals surface area contributed by atoms with Crippen LogP contribution in [0.15, 0.2) is 23.1 Å². The van der Waals surface area contributed by atoms with Crippen molar-refractivity contribution >= 4 is 26.0 Å². The molecule has 8 heteroatoms. The van der Waals surface area contributed by atoms with E-state index in [-0.39, 0.29) is 15.3 Å². The van der Waals surface area contributed by atoms with E-state index in [0.29, 0.717) is 25.9 Å². The van der Waals surface area contributed by atoms with Gasteiger partial charge in [-0.05, 0) is 37.5 Å². The molecule has 1 aliphatic rings. The van der Waals surface area contributed by atoms with Gasteiger partial charge in [0.15, 0.2) is 0 Å². The summed E-state index contributed by atoms with van der Waals surface area (Å²) in [6, 6.07) is 3.28. The van der Waals surface area contributed by atoms with Crippen LogP contribution in [0, 0.1) is 6.92 Å². The van der Waals surface area contributed by atoms with Crippen molar-refractivity contribution in [3.63, 3.8) is 0 Å². The largest absolute Gasteiger partial charge is 0.416 e. The van der Waals surface area contributed by atoms with Crippen LogP contribution in [0.2, 0.25) is 0 Å². The smallest absolute Gasteiger partial charge is 0.207 e. The Balaban J connectivity index is 2.42. The fourth-order valence-electron chi connectivity index (χ4n) is 2.40. The number of alkyl halides is 4. The highest BCUT2D eigenvalue weighted by molar-refractivity contribution is 9.09. The van der Waals surface area contributed by atoms with Gasteiger partial charge >= 0.3 is 6.18 Å². The monoisotopic (exact) mass is 385 g/mol. The van der Waals surface area contributed by atoms with Crippen LogP contribution in [0.1, 0.15) is 24.0 Å². The first-order chi connectivity index (χ1) is 9.64. The summed E-state index contributed by atoms with van der Waals surface area (Å²) in [7, 11) is -3.89. The van der Waals surface area contributed by atoms with Crippen molar-refractivity contribution in [2.45, 2.75) is 35.7 Å². The molecular weight excluding hydrogens is 371 g/mol.